The van der Waals surface area contributed by atoms with Crippen LogP contribution in [0, 0.1) is 0 Å². The molecule has 0 spiro atoms. The van der Waals surface area contributed by atoms with Crippen LogP contribution < -0.4 is 5.32 Å². The monoisotopic (exact) mass is 302 g/mol. The molecular formula is C18H26N2O2. The highest BCUT2D eigenvalue weighted by Gasteiger charge is 2.12. The van der Waals surface area contributed by atoms with Crippen molar-refractivity contribution in [2.24, 2.45) is 0 Å². The number of carbonyl (C=O) groups is 1. The summed E-state index contributed by atoms with van der Waals surface area (Å²) in [4.78, 5) is 14.8. The summed E-state index contributed by atoms with van der Waals surface area (Å²) in [5, 5.41) is 3.04. The van der Waals surface area contributed by atoms with Crippen molar-refractivity contribution < 1.29 is 9.53 Å². The summed E-state index contributed by atoms with van der Waals surface area (Å²) in [6.45, 7) is 7.42. The molecule has 4 nitrogen and oxygen atoms in total. The standard InChI is InChI=1S/C18H26N2O2/c1-2-7-17(16-8-4-3-5-9-16)18(21)19-10-6-11-20-12-14-22-15-13-20/h3-5,7-9H,2,6,10-15H2,1H3,(H,19,21). The molecule has 120 valence electrons. The van der Waals surface area contributed by atoms with Crippen LogP contribution in [-0.2, 0) is 9.53 Å². The van der Waals surface area contributed by atoms with Crippen molar-refractivity contribution >= 4 is 11.5 Å². The first-order chi connectivity index (χ1) is 10.8. The van der Waals surface area contributed by atoms with Gasteiger partial charge in [-0.1, -0.05) is 43.3 Å². The summed E-state index contributed by atoms with van der Waals surface area (Å²) >= 11 is 0. The second-order valence-electron chi connectivity index (χ2n) is 5.46. The number of hydrogen-bond donors (Lipinski definition) is 1. The molecule has 1 amide bonds. The first kappa shape index (κ1) is 16.7. The molecule has 0 aliphatic carbocycles. The minimum atomic E-state index is 0.0232. The zero-order valence-electron chi connectivity index (χ0n) is 13.4. The van der Waals surface area contributed by atoms with Crippen LogP contribution >= 0.6 is 0 Å². The van der Waals surface area contributed by atoms with Crippen LogP contribution in [0.3, 0.4) is 0 Å². The molecule has 0 saturated carbocycles. The number of nitrogens with zero attached hydrogens (tertiary/aromatic N) is 1. The third-order valence-electron chi connectivity index (χ3n) is 3.78. The van der Waals surface area contributed by atoms with Gasteiger partial charge in [-0.2, -0.15) is 0 Å². The van der Waals surface area contributed by atoms with Crippen LogP contribution in [0.25, 0.3) is 5.57 Å². The van der Waals surface area contributed by atoms with E-state index in [2.05, 4.69) is 17.1 Å². The Morgan fingerprint density at radius 1 is 1.27 bits per heavy atom. The minimum absolute atomic E-state index is 0.0232. The van der Waals surface area contributed by atoms with Gasteiger partial charge in [0.25, 0.3) is 5.91 Å². The van der Waals surface area contributed by atoms with E-state index >= 15 is 0 Å². The van der Waals surface area contributed by atoms with E-state index in [4.69, 9.17) is 4.74 Å². The zero-order chi connectivity index (χ0) is 15.6. The molecule has 0 radical (unpaired) electrons. The molecule has 1 heterocycles. The first-order valence-corrected chi connectivity index (χ1v) is 8.15. The molecule has 1 fully saturated rings. The molecule has 1 aliphatic rings. The molecule has 1 N–H and O–H groups in total. The van der Waals surface area contributed by atoms with Crippen LogP contribution in [0.4, 0.5) is 0 Å². The van der Waals surface area contributed by atoms with Crippen LogP contribution in [0.1, 0.15) is 25.3 Å². The minimum Gasteiger partial charge on any atom is -0.379 e. The lowest BCUT2D eigenvalue weighted by Gasteiger charge is -2.26. The SMILES string of the molecule is CCC=C(C(=O)NCCCN1CCOCC1)c1ccccc1. The Morgan fingerprint density at radius 3 is 2.68 bits per heavy atom. The van der Waals surface area contributed by atoms with Crippen molar-refractivity contribution in [3.8, 4) is 0 Å². The van der Waals surface area contributed by atoms with Gasteiger partial charge in [-0.3, -0.25) is 9.69 Å². The molecular weight excluding hydrogens is 276 g/mol. The van der Waals surface area contributed by atoms with Gasteiger partial charge in [-0.15, -0.1) is 0 Å². The molecule has 0 bridgehead atoms. The van der Waals surface area contributed by atoms with Gasteiger partial charge < -0.3 is 10.1 Å². The van der Waals surface area contributed by atoms with Gasteiger partial charge in [0.05, 0.1) is 13.2 Å². The van der Waals surface area contributed by atoms with Gasteiger partial charge in [0.2, 0.25) is 0 Å². The second kappa shape index (κ2) is 9.38. The fraction of sp³-hybridized carbons (Fsp3) is 0.500. The highest BCUT2D eigenvalue weighted by atomic mass is 16.5. The van der Waals surface area contributed by atoms with Gasteiger partial charge in [-0.05, 0) is 24.9 Å². The maximum absolute atomic E-state index is 12.4. The zero-order valence-corrected chi connectivity index (χ0v) is 13.4. The van der Waals surface area contributed by atoms with Crippen molar-refractivity contribution in [2.45, 2.75) is 19.8 Å². The number of ether oxygens (including phenoxy) is 1. The van der Waals surface area contributed by atoms with E-state index in [1.807, 2.05) is 36.4 Å². The molecule has 0 unspecified atom stereocenters. The molecule has 0 aromatic heterocycles. The summed E-state index contributed by atoms with van der Waals surface area (Å²) in [5.74, 6) is 0.0232. The Hall–Kier alpha value is -1.65. The number of amides is 1. The van der Waals surface area contributed by atoms with Crippen LogP contribution in [-0.4, -0.2) is 50.2 Å². The van der Waals surface area contributed by atoms with Crippen molar-refractivity contribution in [1.29, 1.82) is 0 Å². The normalized spacial score (nSPS) is 16.5. The van der Waals surface area contributed by atoms with E-state index in [1.165, 1.54) is 0 Å². The molecule has 0 atom stereocenters. The maximum atomic E-state index is 12.4. The summed E-state index contributed by atoms with van der Waals surface area (Å²) in [5.41, 5.74) is 1.75. The van der Waals surface area contributed by atoms with E-state index in [-0.39, 0.29) is 5.91 Å². The highest BCUT2D eigenvalue weighted by molar-refractivity contribution is 6.19. The Balaban J connectivity index is 1.78. The fourth-order valence-corrected chi connectivity index (χ4v) is 2.59. The molecule has 1 aromatic carbocycles. The van der Waals surface area contributed by atoms with Gasteiger partial charge in [0.1, 0.15) is 0 Å². The lowest BCUT2D eigenvalue weighted by molar-refractivity contribution is -0.115. The maximum Gasteiger partial charge on any atom is 0.251 e. The van der Waals surface area contributed by atoms with E-state index in [1.54, 1.807) is 0 Å². The number of allylic oxidation sites excluding steroid dienone is 1. The third kappa shape index (κ3) is 5.28. The molecule has 1 aliphatic heterocycles. The number of benzene rings is 1. The molecule has 22 heavy (non-hydrogen) atoms. The Bertz CT molecular complexity index is 479. The van der Waals surface area contributed by atoms with Crippen molar-refractivity contribution in [3.63, 3.8) is 0 Å². The topological polar surface area (TPSA) is 41.6 Å². The van der Waals surface area contributed by atoms with Crippen LogP contribution in [0.5, 0.6) is 0 Å². The highest BCUT2D eigenvalue weighted by Crippen LogP contribution is 2.14. The lowest BCUT2D eigenvalue weighted by atomic mass is 10.0. The Labute approximate surface area is 133 Å². The largest absolute Gasteiger partial charge is 0.379 e. The average molecular weight is 302 g/mol. The van der Waals surface area contributed by atoms with Crippen LogP contribution in [0.15, 0.2) is 36.4 Å². The van der Waals surface area contributed by atoms with E-state index < -0.39 is 0 Å². The Kier molecular flexibility index (Phi) is 7.13. The fourth-order valence-electron chi connectivity index (χ4n) is 2.59. The van der Waals surface area contributed by atoms with Crippen molar-refractivity contribution in [2.75, 3.05) is 39.4 Å². The van der Waals surface area contributed by atoms with Crippen LogP contribution in [0.2, 0.25) is 0 Å². The van der Waals surface area contributed by atoms with Gasteiger partial charge in [0.15, 0.2) is 0 Å². The number of morpholine rings is 1. The summed E-state index contributed by atoms with van der Waals surface area (Å²) < 4.78 is 5.33. The van der Waals surface area contributed by atoms with Gasteiger partial charge >= 0.3 is 0 Å². The molecule has 1 aromatic rings. The smallest absolute Gasteiger partial charge is 0.251 e. The van der Waals surface area contributed by atoms with E-state index in [0.717, 1.165) is 56.8 Å². The van der Waals surface area contributed by atoms with Crippen molar-refractivity contribution in [1.82, 2.24) is 10.2 Å². The number of nitrogens with one attached hydrogen (secondary N) is 1. The van der Waals surface area contributed by atoms with E-state index in [0.29, 0.717) is 6.54 Å². The third-order valence-corrected chi connectivity index (χ3v) is 3.78. The van der Waals surface area contributed by atoms with Crippen molar-refractivity contribution in [3.05, 3.63) is 42.0 Å². The summed E-state index contributed by atoms with van der Waals surface area (Å²) in [6, 6.07) is 9.85. The Morgan fingerprint density at radius 2 is 2.00 bits per heavy atom. The average Bonchev–Trinajstić information content (AvgIpc) is 2.58. The lowest BCUT2D eigenvalue weighted by Crippen LogP contribution is -2.38. The summed E-state index contributed by atoms with van der Waals surface area (Å²) in [7, 11) is 0. The molecule has 1 saturated heterocycles. The summed E-state index contributed by atoms with van der Waals surface area (Å²) in [6.07, 6.45) is 3.82. The van der Waals surface area contributed by atoms with Gasteiger partial charge in [0, 0.05) is 25.2 Å². The quantitative estimate of drug-likeness (QED) is 0.621. The predicted molar refractivity (Wildman–Crippen MR) is 89.6 cm³/mol. The number of rotatable bonds is 7. The van der Waals surface area contributed by atoms with Gasteiger partial charge in [-0.25, -0.2) is 0 Å². The number of hydrogen-bond acceptors (Lipinski definition) is 3. The molecule has 2 rings (SSSR count). The van der Waals surface area contributed by atoms with E-state index in [9.17, 15) is 4.79 Å². The number of carbonyl (C=O) groups excluding carboxylic acids is 1. The predicted octanol–water partition coefficient (Wildman–Crippen LogP) is 2.32. The first-order valence-electron chi connectivity index (χ1n) is 8.15. The second-order valence-corrected chi connectivity index (χ2v) is 5.46. The molecule has 4 heteroatoms.